The predicted octanol–water partition coefficient (Wildman–Crippen LogP) is 1.51. The van der Waals surface area contributed by atoms with E-state index >= 15 is 0 Å². The van der Waals surface area contributed by atoms with Gasteiger partial charge in [0.2, 0.25) is 6.79 Å². The van der Waals surface area contributed by atoms with Crippen LogP contribution < -0.4 is 9.47 Å². The Kier molecular flexibility index (Phi) is 1.80. The number of nitrogens with zero attached hydrogens (tertiary/aromatic N) is 1. The fraction of sp³-hybridized carbons (Fsp3) is 0.364. The first-order valence-corrected chi connectivity index (χ1v) is 5.03. The molecule has 0 unspecified atom stereocenters. The Morgan fingerprint density at radius 3 is 2.87 bits per heavy atom. The van der Waals surface area contributed by atoms with Crippen molar-refractivity contribution < 1.29 is 14.2 Å². The van der Waals surface area contributed by atoms with Crippen LogP contribution in [0.25, 0.3) is 0 Å². The van der Waals surface area contributed by atoms with Gasteiger partial charge in [0.15, 0.2) is 23.8 Å². The molecular formula is C11H11NO3. The van der Waals surface area contributed by atoms with E-state index in [1.807, 2.05) is 18.2 Å². The Balaban J connectivity index is 1.89. The lowest BCUT2D eigenvalue weighted by atomic mass is 10.2. The molecule has 0 aromatic heterocycles. The van der Waals surface area contributed by atoms with Crippen LogP contribution in [0.5, 0.6) is 11.5 Å². The summed E-state index contributed by atoms with van der Waals surface area (Å²) in [5, 5.41) is 11.5. The quantitative estimate of drug-likeness (QED) is 0.318. The van der Waals surface area contributed by atoms with Crippen LogP contribution in [0.3, 0.4) is 0 Å². The highest BCUT2D eigenvalue weighted by Gasteiger charge is 2.29. The smallest absolute Gasteiger partial charge is 0.231 e. The molecule has 1 saturated carbocycles. The van der Waals surface area contributed by atoms with Gasteiger partial charge in [0.05, 0.1) is 0 Å². The average Bonchev–Trinajstić information content (AvgIpc) is 2.98. The second kappa shape index (κ2) is 3.15. The second-order valence-corrected chi connectivity index (χ2v) is 3.83. The fourth-order valence-electron chi connectivity index (χ4n) is 1.57. The Labute approximate surface area is 87.3 Å². The number of hydrogen-bond acceptors (Lipinski definition) is 3. The first-order chi connectivity index (χ1) is 7.33. The molecule has 1 aliphatic carbocycles. The summed E-state index contributed by atoms with van der Waals surface area (Å²) >= 11 is 0. The van der Waals surface area contributed by atoms with Crippen molar-refractivity contribution in [2.24, 2.45) is 0 Å². The summed E-state index contributed by atoms with van der Waals surface area (Å²) in [5.74, 6) is 1.46. The molecule has 78 valence electrons. The average molecular weight is 205 g/mol. The SMILES string of the molecule is [O-]/[N+](=C\c1ccc2c(c1)OCO2)C1CC1. The van der Waals surface area contributed by atoms with Crippen LogP contribution in [0, 0.1) is 5.21 Å². The molecule has 1 aromatic rings. The number of hydroxylamine groups is 1. The normalized spacial score (nSPS) is 19.3. The molecule has 1 heterocycles. The number of ether oxygens (including phenoxy) is 2. The maximum atomic E-state index is 11.5. The van der Waals surface area contributed by atoms with Gasteiger partial charge in [0, 0.05) is 18.4 Å². The second-order valence-electron chi connectivity index (χ2n) is 3.83. The van der Waals surface area contributed by atoms with Crippen LogP contribution in [-0.4, -0.2) is 23.8 Å². The van der Waals surface area contributed by atoms with E-state index in [4.69, 9.17) is 9.47 Å². The highest BCUT2D eigenvalue weighted by Crippen LogP contribution is 2.32. The lowest BCUT2D eigenvalue weighted by Gasteiger charge is -2.01. The maximum absolute atomic E-state index is 11.5. The molecular weight excluding hydrogens is 194 g/mol. The maximum Gasteiger partial charge on any atom is 0.231 e. The minimum absolute atomic E-state index is 0.190. The van der Waals surface area contributed by atoms with Gasteiger partial charge in [-0.05, 0) is 18.2 Å². The van der Waals surface area contributed by atoms with Crippen molar-refractivity contribution in [2.75, 3.05) is 6.79 Å². The van der Waals surface area contributed by atoms with E-state index in [0.29, 0.717) is 5.75 Å². The topological polar surface area (TPSA) is 44.5 Å². The molecule has 1 aromatic carbocycles. The Morgan fingerprint density at radius 2 is 2.07 bits per heavy atom. The number of hydrogen-bond donors (Lipinski definition) is 0. The third-order valence-corrected chi connectivity index (χ3v) is 2.58. The molecule has 0 N–H and O–H groups in total. The summed E-state index contributed by atoms with van der Waals surface area (Å²) in [6.45, 7) is 0.266. The number of fused-ring (bicyclic) bond motifs is 1. The van der Waals surface area contributed by atoms with Crippen LogP contribution in [0.4, 0.5) is 0 Å². The minimum Gasteiger partial charge on any atom is -0.624 e. The summed E-state index contributed by atoms with van der Waals surface area (Å²) in [7, 11) is 0. The zero-order valence-corrected chi connectivity index (χ0v) is 8.18. The molecule has 0 amide bonds. The molecule has 4 nitrogen and oxygen atoms in total. The van der Waals surface area contributed by atoms with Crippen LogP contribution in [0.2, 0.25) is 0 Å². The molecule has 0 atom stereocenters. The summed E-state index contributed by atoms with van der Waals surface area (Å²) in [5.41, 5.74) is 0.862. The van der Waals surface area contributed by atoms with E-state index in [2.05, 4.69) is 0 Å². The number of rotatable bonds is 2. The summed E-state index contributed by atoms with van der Waals surface area (Å²) < 4.78 is 11.4. The van der Waals surface area contributed by atoms with Gasteiger partial charge in [-0.3, -0.25) is 0 Å². The van der Waals surface area contributed by atoms with Crippen molar-refractivity contribution >= 4 is 6.21 Å². The molecule has 1 fully saturated rings. The van der Waals surface area contributed by atoms with Gasteiger partial charge in [0.25, 0.3) is 0 Å². The van der Waals surface area contributed by atoms with Crippen LogP contribution in [0.15, 0.2) is 18.2 Å². The van der Waals surface area contributed by atoms with Crippen molar-refractivity contribution in [3.05, 3.63) is 29.0 Å². The van der Waals surface area contributed by atoms with Crippen molar-refractivity contribution in [2.45, 2.75) is 18.9 Å². The Hall–Kier alpha value is -1.71. The van der Waals surface area contributed by atoms with Gasteiger partial charge in [-0.25, -0.2) is 4.74 Å². The lowest BCUT2D eigenvalue weighted by Crippen LogP contribution is -2.07. The Bertz CT molecular complexity index is 424. The standard InChI is InChI=1S/C11H11NO3/c13-12(9-2-3-9)6-8-1-4-10-11(5-8)15-7-14-10/h1,4-6,9H,2-3,7H2/b12-6-. The Morgan fingerprint density at radius 1 is 1.27 bits per heavy atom. The summed E-state index contributed by atoms with van der Waals surface area (Å²) in [6, 6.07) is 5.71. The lowest BCUT2D eigenvalue weighted by molar-refractivity contribution is -0.467. The van der Waals surface area contributed by atoms with Crippen LogP contribution in [0.1, 0.15) is 18.4 Å². The van der Waals surface area contributed by atoms with Gasteiger partial charge in [-0.2, -0.15) is 0 Å². The molecule has 4 heteroatoms. The minimum atomic E-state index is 0.190. The fourth-order valence-corrected chi connectivity index (χ4v) is 1.57. The van der Waals surface area contributed by atoms with Crippen molar-refractivity contribution in [1.29, 1.82) is 0 Å². The molecule has 3 rings (SSSR count). The summed E-state index contributed by atoms with van der Waals surface area (Å²) in [6.07, 6.45) is 3.62. The van der Waals surface area contributed by atoms with Crippen molar-refractivity contribution in [3.63, 3.8) is 0 Å². The monoisotopic (exact) mass is 205 g/mol. The van der Waals surface area contributed by atoms with Crippen molar-refractivity contribution in [3.8, 4) is 11.5 Å². The van der Waals surface area contributed by atoms with Crippen LogP contribution in [-0.2, 0) is 0 Å². The van der Waals surface area contributed by atoms with E-state index in [-0.39, 0.29) is 12.8 Å². The van der Waals surface area contributed by atoms with Crippen LogP contribution >= 0.6 is 0 Å². The van der Waals surface area contributed by atoms with E-state index in [1.165, 1.54) is 0 Å². The van der Waals surface area contributed by atoms with Gasteiger partial charge >= 0.3 is 0 Å². The highest BCUT2D eigenvalue weighted by atomic mass is 16.7. The van der Waals surface area contributed by atoms with E-state index in [1.54, 1.807) is 6.21 Å². The highest BCUT2D eigenvalue weighted by molar-refractivity contribution is 5.77. The first kappa shape index (κ1) is 8.59. The van der Waals surface area contributed by atoms with Gasteiger partial charge in [0.1, 0.15) is 0 Å². The van der Waals surface area contributed by atoms with E-state index in [0.717, 1.165) is 28.9 Å². The van der Waals surface area contributed by atoms with Gasteiger partial charge < -0.3 is 14.7 Å². The third-order valence-electron chi connectivity index (χ3n) is 2.58. The third kappa shape index (κ3) is 1.63. The number of benzene rings is 1. The first-order valence-electron chi connectivity index (χ1n) is 5.03. The molecule has 1 aliphatic heterocycles. The molecule has 0 radical (unpaired) electrons. The predicted molar refractivity (Wildman–Crippen MR) is 54.4 cm³/mol. The zero-order chi connectivity index (χ0) is 10.3. The van der Waals surface area contributed by atoms with E-state index in [9.17, 15) is 5.21 Å². The molecule has 15 heavy (non-hydrogen) atoms. The molecule has 2 aliphatic rings. The zero-order valence-electron chi connectivity index (χ0n) is 8.18. The van der Waals surface area contributed by atoms with E-state index < -0.39 is 0 Å². The molecule has 0 spiro atoms. The largest absolute Gasteiger partial charge is 0.624 e. The summed E-state index contributed by atoms with van der Waals surface area (Å²) in [4.78, 5) is 0. The van der Waals surface area contributed by atoms with Gasteiger partial charge in [-0.1, -0.05) is 0 Å². The molecule has 0 bridgehead atoms. The van der Waals surface area contributed by atoms with Crippen molar-refractivity contribution in [1.82, 2.24) is 0 Å². The van der Waals surface area contributed by atoms with Gasteiger partial charge in [-0.15, -0.1) is 0 Å². The molecule has 0 saturated heterocycles.